The van der Waals surface area contributed by atoms with Gasteiger partial charge in [-0.05, 0) is 37.9 Å². The van der Waals surface area contributed by atoms with Gasteiger partial charge < -0.3 is 0 Å². The number of rotatable bonds is 4. The fourth-order valence-corrected chi connectivity index (χ4v) is 3.50. The Morgan fingerprint density at radius 3 is 2.91 bits per heavy atom. The third kappa shape index (κ3) is 3.22. The molecule has 4 nitrogen and oxygen atoms in total. The van der Waals surface area contributed by atoms with Crippen LogP contribution in [-0.4, -0.2) is 33.6 Å². The van der Waals surface area contributed by atoms with Crippen LogP contribution < -0.4 is 5.56 Å². The van der Waals surface area contributed by atoms with E-state index in [1.807, 2.05) is 24.3 Å². The third-order valence-electron chi connectivity index (χ3n) is 4.83. The molecule has 118 valence electrons. The van der Waals surface area contributed by atoms with Crippen LogP contribution in [0.25, 0.3) is 10.9 Å². The first-order valence-electron chi connectivity index (χ1n) is 8.48. The summed E-state index contributed by atoms with van der Waals surface area (Å²) in [5, 5.41) is 0.716. The number of hydrogen-bond donors (Lipinski definition) is 0. The molecule has 0 radical (unpaired) electrons. The summed E-state index contributed by atoms with van der Waals surface area (Å²) < 4.78 is 1.76. The summed E-state index contributed by atoms with van der Waals surface area (Å²) in [6.07, 6.45) is 8.15. The van der Waals surface area contributed by atoms with Gasteiger partial charge in [0.2, 0.25) is 0 Å². The van der Waals surface area contributed by atoms with E-state index in [-0.39, 0.29) is 5.56 Å². The zero-order chi connectivity index (χ0) is 15.4. The quantitative estimate of drug-likeness (QED) is 0.871. The van der Waals surface area contributed by atoms with Gasteiger partial charge in [0.1, 0.15) is 0 Å². The largest absolute Gasteiger partial charge is 0.299 e. The molecule has 1 atom stereocenters. The van der Waals surface area contributed by atoms with Crippen LogP contribution in [-0.2, 0) is 6.54 Å². The molecule has 0 bridgehead atoms. The summed E-state index contributed by atoms with van der Waals surface area (Å²) in [6.45, 7) is 5.10. The van der Waals surface area contributed by atoms with Crippen LogP contribution in [0.2, 0.25) is 0 Å². The Hall–Kier alpha value is -1.68. The zero-order valence-electron chi connectivity index (χ0n) is 13.4. The molecule has 1 aromatic heterocycles. The van der Waals surface area contributed by atoms with Gasteiger partial charge in [-0.1, -0.05) is 31.9 Å². The molecule has 1 aliphatic rings. The Morgan fingerprint density at radius 1 is 1.18 bits per heavy atom. The maximum atomic E-state index is 12.5. The molecule has 0 saturated carbocycles. The summed E-state index contributed by atoms with van der Waals surface area (Å²) in [7, 11) is 0. The minimum absolute atomic E-state index is 0.0773. The molecular formula is C18H25N3O. The van der Waals surface area contributed by atoms with Crippen molar-refractivity contribution < 1.29 is 0 Å². The molecule has 1 unspecified atom stereocenters. The maximum absolute atomic E-state index is 12.5. The van der Waals surface area contributed by atoms with Gasteiger partial charge in [0.05, 0.1) is 17.2 Å². The maximum Gasteiger partial charge on any atom is 0.261 e. The highest BCUT2D eigenvalue weighted by Crippen LogP contribution is 2.18. The van der Waals surface area contributed by atoms with E-state index in [0.717, 1.165) is 25.2 Å². The van der Waals surface area contributed by atoms with E-state index in [1.54, 1.807) is 10.9 Å². The molecule has 2 aromatic rings. The van der Waals surface area contributed by atoms with Crippen LogP contribution in [0.4, 0.5) is 0 Å². The molecule has 0 spiro atoms. The van der Waals surface area contributed by atoms with Gasteiger partial charge in [0.25, 0.3) is 5.56 Å². The number of hydrogen-bond acceptors (Lipinski definition) is 3. The van der Waals surface area contributed by atoms with Crippen molar-refractivity contribution in [1.29, 1.82) is 0 Å². The number of nitrogens with zero attached hydrogens (tertiary/aromatic N) is 3. The monoisotopic (exact) mass is 299 g/mol. The lowest BCUT2D eigenvalue weighted by molar-refractivity contribution is 0.187. The van der Waals surface area contributed by atoms with Crippen LogP contribution in [0, 0.1) is 0 Å². The molecule has 0 amide bonds. The van der Waals surface area contributed by atoms with Crippen LogP contribution in [0.1, 0.15) is 39.0 Å². The Balaban J connectivity index is 1.75. The van der Waals surface area contributed by atoms with Crippen molar-refractivity contribution in [1.82, 2.24) is 14.5 Å². The van der Waals surface area contributed by atoms with Gasteiger partial charge in [-0.3, -0.25) is 14.3 Å². The standard InChI is InChI=1S/C18H25N3O/c1-2-15-8-4-3-7-11-20(15)12-13-21-14-19-17-10-6-5-9-16(17)18(21)22/h5-6,9-10,14-15H,2-4,7-8,11-13H2,1H3. The van der Waals surface area contributed by atoms with Crippen LogP contribution in [0.15, 0.2) is 35.4 Å². The summed E-state index contributed by atoms with van der Waals surface area (Å²) in [4.78, 5) is 19.5. The Kier molecular flexibility index (Phi) is 4.88. The van der Waals surface area contributed by atoms with E-state index >= 15 is 0 Å². The summed E-state index contributed by atoms with van der Waals surface area (Å²) >= 11 is 0. The fourth-order valence-electron chi connectivity index (χ4n) is 3.50. The van der Waals surface area contributed by atoms with Crippen molar-refractivity contribution in [2.75, 3.05) is 13.1 Å². The average Bonchev–Trinajstić information content (AvgIpc) is 2.79. The highest BCUT2D eigenvalue weighted by atomic mass is 16.1. The van der Waals surface area contributed by atoms with Crippen molar-refractivity contribution in [3.05, 3.63) is 40.9 Å². The van der Waals surface area contributed by atoms with Crippen molar-refractivity contribution in [2.24, 2.45) is 0 Å². The zero-order valence-corrected chi connectivity index (χ0v) is 13.4. The van der Waals surface area contributed by atoms with Crippen molar-refractivity contribution >= 4 is 10.9 Å². The Bertz CT molecular complexity index is 679. The molecule has 1 saturated heterocycles. The van der Waals surface area contributed by atoms with Gasteiger partial charge in [0.15, 0.2) is 0 Å². The lowest BCUT2D eigenvalue weighted by atomic mass is 10.1. The normalized spacial score (nSPS) is 20.1. The molecule has 1 aliphatic heterocycles. The number of benzene rings is 1. The van der Waals surface area contributed by atoms with Gasteiger partial charge >= 0.3 is 0 Å². The minimum Gasteiger partial charge on any atom is -0.299 e. The molecule has 0 N–H and O–H groups in total. The van der Waals surface area contributed by atoms with Crippen LogP contribution >= 0.6 is 0 Å². The highest BCUT2D eigenvalue weighted by Gasteiger charge is 2.19. The summed E-state index contributed by atoms with van der Waals surface area (Å²) in [5.41, 5.74) is 0.860. The number of likely N-dealkylation sites (tertiary alicyclic amines) is 1. The predicted octanol–water partition coefficient (Wildman–Crippen LogP) is 3.05. The smallest absolute Gasteiger partial charge is 0.261 e. The first-order valence-corrected chi connectivity index (χ1v) is 8.48. The highest BCUT2D eigenvalue weighted by molar-refractivity contribution is 5.76. The molecule has 1 aromatic carbocycles. The van der Waals surface area contributed by atoms with E-state index in [4.69, 9.17) is 0 Å². The lowest BCUT2D eigenvalue weighted by Gasteiger charge is -2.29. The molecule has 3 rings (SSSR count). The van der Waals surface area contributed by atoms with E-state index in [0.29, 0.717) is 11.4 Å². The first kappa shape index (κ1) is 15.2. The van der Waals surface area contributed by atoms with Gasteiger partial charge in [0, 0.05) is 19.1 Å². The van der Waals surface area contributed by atoms with Gasteiger partial charge in [-0.15, -0.1) is 0 Å². The van der Waals surface area contributed by atoms with Gasteiger partial charge in [-0.2, -0.15) is 0 Å². The van der Waals surface area contributed by atoms with E-state index < -0.39 is 0 Å². The lowest BCUT2D eigenvalue weighted by Crippen LogP contribution is -2.38. The Labute approximate surface area is 131 Å². The second kappa shape index (κ2) is 7.05. The Morgan fingerprint density at radius 2 is 2.05 bits per heavy atom. The SMILES string of the molecule is CCC1CCCCCN1CCn1cnc2ccccc2c1=O. The molecule has 2 heterocycles. The minimum atomic E-state index is 0.0773. The predicted molar refractivity (Wildman–Crippen MR) is 90.1 cm³/mol. The summed E-state index contributed by atoms with van der Waals surface area (Å²) in [5.74, 6) is 0. The van der Waals surface area contributed by atoms with Crippen LogP contribution in [0.3, 0.4) is 0 Å². The van der Waals surface area contributed by atoms with E-state index in [2.05, 4.69) is 16.8 Å². The molecule has 22 heavy (non-hydrogen) atoms. The molecular weight excluding hydrogens is 274 g/mol. The van der Waals surface area contributed by atoms with Gasteiger partial charge in [-0.25, -0.2) is 4.98 Å². The number of fused-ring (bicyclic) bond motifs is 1. The van der Waals surface area contributed by atoms with E-state index in [9.17, 15) is 4.79 Å². The molecule has 4 heteroatoms. The fraction of sp³-hybridized carbons (Fsp3) is 0.556. The number of para-hydroxylation sites is 1. The van der Waals surface area contributed by atoms with Crippen LogP contribution in [0.5, 0.6) is 0 Å². The van der Waals surface area contributed by atoms with E-state index in [1.165, 1.54) is 32.1 Å². The second-order valence-corrected chi connectivity index (χ2v) is 6.21. The second-order valence-electron chi connectivity index (χ2n) is 6.21. The van der Waals surface area contributed by atoms with Crippen molar-refractivity contribution in [2.45, 2.75) is 51.6 Å². The average molecular weight is 299 g/mol. The van der Waals surface area contributed by atoms with Crippen molar-refractivity contribution in [3.8, 4) is 0 Å². The number of aromatic nitrogens is 2. The summed E-state index contributed by atoms with van der Waals surface area (Å²) in [6, 6.07) is 8.25. The van der Waals surface area contributed by atoms with Crippen molar-refractivity contribution in [3.63, 3.8) is 0 Å². The molecule has 0 aliphatic carbocycles. The molecule has 1 fully saturated rings. The first-order chi connectivity index (χ1) is 10.8. The topological polar surface area (TPSA) is 38.1 Å². The third-order valence-corrected chi connectivity index (χ3v) is 4.83.